The summed E-state index contributed by atoms with van der Waals surface area (Å²) in [6.07, 6.45) is 5.22. The summed E-state index contributed by atoms with van der Waals surface area (Å²) in [6.45, 7) is 5.20. The van der Waals surface area contributed by atoms with Crippen LogP contribution < -0.4 is 9.62 Å². The van der Waals surface area contributed by atoms with Crippen LogP contribution in [0.5, 0.6) is 0 Å². The molecule has 3 rings (SSSR count). The van der Waals surface area contributed by atoms with Gasteiger partial charge in [-0.1, -0.05) is 0 Å². The van der Waals surface area contributed by atoms with Gasteiger partial charge < -0.3 is 4.90 Å². The van der Waals surface area contributed by atoms with Gasteiger partial charge in [0.1, 0.15) is 5.82 Å². The van der Waals surface area contributed by atoms with Gasteiger partial charge >= 0.3 is 0 Å². The number of aryl methyl sites for hydroxylation is 1. The van der Waals surface area contributed by atoms with Crippen LogP contribution in [0.2, 0.25) is 0 Å². The van der Waals surface area contributed by atoms with E-state index in [1.54, 1.807) is 23.0 Å². The van der Waals surface area contributed by atoms with Crippen molar-refractivity contribution >= 4 is 32.9 Å². The van der Waals surface area contributed by atoms with Gasteiger partial charge in [0, 0.05) is 18.0 Å². The summed E-state index contributed by atoms with van der Waals surface area (Å²) in [5, 5.41) is 3.37. The van der Waals surface area contributed by atoms with Gasteiger partial charge in [0.15, 0.2) is 0 Å². The molecular weight excluding hydrogens is 330 g/mol. The Labute approximate surface area is 141 Å². The van der Waals surface area contributed by atoms with Gasteiger partial charge in [0.2, 0.25) is 0 Å². The molecule has 124 valence electrons. The first-order chi connectivity index (χ1) is 11.0. The molecule has 5 nitrogen and oxygen atoms in total. The van der Waals surface area contributed by atoms with E-state index in [0.29, 0.717) is 11.7 Å². The lowest BCUT2D eigenvalue weighted by Crippen LogP contribution is -2.38. The Morgan fingerprint density at radius 2 is 2.22 bits per heavy atom. The minimum Gasteiger partial charge on any atom is -0.354 e. The molecule has 0 amide bonds. The number of rotatable bonds is 4. The fraction of sp³-hybridized carbons (Fsp3) is 0.438. The molecule has 1 saturated heterocycles. The molecule has 7 heteroatoms. The fourth-order valence-electron chi connectivity index (χ4n) is 2.96. The molecule has 1 aliphatic rings. The number of thiophene rings is 1. The van der Waals surface area contributed by atoms with E-state index in [1.165, 1.54) is 30.6 Å². The van der Waals surface area contributed by atoms with Crippen LogP contribution in [0.3, 0.4) is 0 Å². The van der Waals surface area contributed by atoms with Crippen molar-refractivity contribution in [2.75, 3.05) is 16.2 Å². The van der Waals surface area contributed by atoms with Crippen molar-refractivity contribution in [3.8, 4) is 0 Å². The van der Waals surface area contributed by atoms with Gasteiger partial charge in [-0.25, -0.2) is 13.4 Å². The Morgan fingerprint density at radius 3 is 2.87 bits per heavy atom. The maximum absolute atomic E-state index is 12.3. The molecule has 2 aromatic rings. The van der Waals surface area contributed by atoms with E-state index in [4.69, 9.17) is 0 Å². The smallest absolute Gasteiger partial charge is 0.262 e. The van der Waals surface area contributed by atoms with E-state index in [9.17, 15) is 8.42 Å². The number of anilines is 2. The number of hydrogen-bond donors (Lipinski definition) is 1. The van der Waals surface area contributed by atoms with Gasteiger partial charge in [-0.3, -0.25) is 4.72 Å². The lowest BCUT2D eigenvalue weighted by molar-refractivity contribution is 0.480. The van der Waals surface area contributed by atoms with Crippen LogP contribution in [0.25, 0.3) is 0 Å². The van der Waals surface area contributed by atoms with Crippen LogP contribution in [-0.4, -0.2) is 26.0 Å². The molecule has 0 aromatic carbocycles. The highest BCUT2D eigenvalue weighted by Crippen LogP contribution is 2.28. The third-order valence-electron chi connectivity index (χ3n) is 4.18. The zero-order chi connectivity index (χ0) is 16.4. The molecule has 0 radical (unpaired) electrons. The molecule has 0 saturated carbocycles. The normalized spacial score (nSPS) is 18.9. The predicted octanol–water partition coefficient (Wildman–Crippen LogP) is 3.63. The second-order valence-corrected chi connectivity index (χ2v) is 8.43. The zero-order valence-corrected chi connectivity index (χ0v) is 15.0. The molecule has 1 N–H and O–H groups in total. The first-order valence-corrected chi connectivity index (χ1v) is 10.2. The van der Waals surface area contributed by atoms with Gasteiger partial charge in [-0.2, -0.15) is 11.3 Å². The van der Waals surface area contributed by atoms with Crippen molar-refractivity contribution in [2.24, 2.45) is 0 Å². The molecule has 0 bridgehead atoms. The second-order valence-electron chi connectivity index (χ2n) is 5.97. The molecule has 3 heterocycles. The largest absolute Gasteiger partial charge is 0.354 e. The van der Waals surface area contributed by atoms with Crippen molar-refractivity contribution in [2.45, 2.75) is 44.0 Å². The highest BCUT2D eigenvalue weighted by Gasteiger charge is 2.22. The molecule has 1 aliphatic heterocycles. The lowest BCUT2D eigenvalue weighted by atomic mass is 10.0. The van der Waals surface area contributed by atoms with Crippen LogP contribution in [0.1, 0.15) is 31.7 Å². The first-order valence-electron chi connectivity index (χ1n) is 7.76. The van der Waals surface area contributed by atoms with E-state index in [0.717, 1.165) is 17.9 Å². The van der Waals surface area contributed by atoms with Crippen LogP contribution >= 0.6 is 11.3 Å². The minimum absolute atomic E-state index is 0.286. The molecular formula is C16H21N3O2S2. The van der Waals surface area contributed by atoms with E-state index >= 15 is 0 Å². The van der Waals surface area contributed by atoms with E-state index in [2.05, 4.69) is 21.5 Å². The Kier molecular flexibility index (Phi) is 4.59. The van der Waals surface area contributed by atoms with Crippen LogP contribution in [-0.2, 0) is 10.0 Å². The molecule has 1 fully saturated rings. The van der Waals surface area contributed by atoms with Crippen molar-refractivity contribution in [1.29, 1.82) is 0 Å². The highest BCUT2D eigenvalue weighted by atomic mass is 32.2. The van der Waals surface area contributed by atoms with Gasteiger partial charge in [0.25, 0.3) is 10.0 Å². The van der Waals surface area contributed by atoms with Gasteiger partial charge in [-0.15, -0.1) is 0 Å². The molecule has 0 spiro atoms. The summed E-state index contributed by atoms with van der Waals surface area (Å²) in [5.74, 6) is 0.954. The van der Waals surface area contributed by atoms with Crippen molar-refractivity contribution in [1.82, 2.24) is 4.98 Å². The third-order valence-corrected chi connectivity index (χ3v) is 6.39. The number of sulfonamides is 1. The monoisotopic (exact) mass is 351 g/mol. The average Bonchev–Trinajstić information content (AvgIpc) is 3.03. The number of piperidine rings is 1. The number of nitrogens with zero attached hydrogens (tertiary/aromatic N) is 2. The summed E-state index contributed by atoms with van der Waals surface area (Å²) in [6, 6.07) is 3.92. The quantitative estimate of drug-likeness (QED) is 0.914. The molecule has 2 aromatic heterocycles. The van der Waals surface area contributed by atoms with Crippen LogP contribution in [0.15, 0.2) is 34.0 Å². The number of aromatic nitrogens is 1. The zero-order valence-electron chi connectivity index (χ0n) is 13.3. The summed E-state index contributed by atoms with van der Waals surface area (Å²) < 4.78 is 27.1. The molecule has 0 aliphatic carbocycles. The maximum atomic E-state index is 12.3. The number of pyridine rings is 1. The van der Waals surface area contributed by atoms with Crippen molar-refractivity contribution in [3.05, 3.63) is 34.7 Å². The highest BCUT2D eigenvalue weighted by molar-refractivity contribution is 7.92. The lowest BCUT2D eigenvalue weighted by Gasteiger charge is -2.35. The van der Waals surface area contributed by atoms with E-state index in [-0.39, 0.29) is 4.90 Å². The first kappa shape index (κ1) is 16.3. The second kappa shape index (κ2) is 6.49. The number of hydrogen-bond acceptors (Lipinski definition) is 5. The SMILES string of the molecule is Cc1cc(NS(=O)(=O)c2ccsc2)cnc1N1CCCCC1C. The maximum Gasteiger partial charge on any atom is 0.262 e. The third kappa shape index (κ3) is 3.50. The topological polar surface area (TPSA) is 62.3 Å². The average molecular weight is 351 g/mol. The van der Waals surface area contributed by atoms with E-state index < -0.39 is 10.0 Å². The summed E-state index contributed by atoms with van der Waals surface area (Å²) in [7, 11) is -3.53. The van der Waals surface area contributed by atoms with Crippen LogP contribution in [0.4, 0.5) is 11.5 Å². The fourth-order valence-corrected chi connectivity index (χ4v) is 5.02. The van der Waals surface area contributed by atoms with Gasteiger partial charge in [0.05, 0.1) is 16.8 Å². The van der Waals surface area contributed by atoms with Crippen LogP contribution in [0, 0.1) is 6.92 Å². The van der Waals surface area contributed by atoms with Crippen molar-refractivity contribution < 1.29 is 8.42 Å². The summed E-state index contributed by atoms with van der Waals surface area (Å²) in [4.78, 5) is 7.12. The van der Waals surface area contributed by atoms with Crippen molar-refractivity contribution in [3.63, 3.8) is 0 Å². The minimum atomic E-state index is -3.53. The molecule has 1 atom stereocenters. The Balaban J connectivity index is 1.82. The summed E-state index contributed by atoms with van der Waals surface area (Å²) in [5.41, 5.74) is 1.49. The Morgan fingerprint density at radius 1 is 1.39 bits per heavy atom. The Bertz CT molecular complexity index is 773. The van der Waals surface area contributed by atoms with E-state index in [1.807, 2.05) is 13.0 Å². The molecule has 1 unspecified atom stereocenters. The van der Waals surface area contributed by atoms with Gasteiger partial charge in [-0.05, 0) is 56.2 Å². The summed E-state index contributed by atoms with van der Waals surface area (Å²) >= 11 is 1.36. The predicted molar refractivity (Wildman–Crippen MR) is 94.8 cm³/mol. The standard InChI is InChI=1S/C16H21N3O2S2/c1-12-9-14(18-23(20,21)15-6-8-22-11-15)10-17-16(12)19-7-4-3-5-13(19)2/h6,8-11,13,18H,3-5,7H2,1-2H3. The number of nitrogens with one attached hydrogen (secondary N) is 1. The molecule has 23 heavy (non-hydrogen) atoms. The Hall–Kier alpha value is -1.60.